The van der Waals surface area contributed by atoms with Crippen LogP contribution in [0.5, 0.6) is 5.75 Å². The van der Waals surface area contributed by atoms with Gasteiger partial charge in [0.1, 0.15) is 23.4 Å². The quantitative estimate of drug-likeness (QED) is 0.421. The fraction of sp³-hybridized carbons (Fsp3) is 0.346. The minimum absolute atomic E-state index is 0.0186. The van der Waals surface area contributed by atoms with Gasteiger partial charge < -0.3 is 14.8 Å². The van der Waals surface area contributed by atoms with Gasteiger partial charge in [-0.05, 0) is 48.9 Å². The first-order chi connectivity index (χ1) is 16.4. The van der Waals surface area contributed by atoms with Gasteiger partial charge in [0.15, 0.2) is 5.75 Å². The average molecular weight is 477 g/mol. The number of aromatic nitrogens is 3. The number of benzene rings is 1. The molecule has 0 unspecified atom stereocenters. The Morgan fingerprint density at radius 3 is 2.82 bits per heavy atom. The zero-order valence-corrected chi connectivity index (χ0v) is 20.6. The summed E-state index contributed by atoms with van der Waals surface area (Å²) in [6.07, 6.45) is 0.660. The molecule has 0 aliphatic carbocycles. The van der Waals surface area contributed by atoms with Crippen LogP contribution in [-0.4, -0.2) is 33.9 Å². The lowest BCUT2D eigenvalue weighted by molar-refractivity contribution is 0.140. The predicted molar refractivity (Wildman–Crippen MR) is 136 cm³/mol. The van der Waals surface area contributed by atoms with E-state index in [1.54, 1.807) is 24.5 Å². The summed E-state index contributed by atoms with van der Waals surface area (Å²) in [4.78, 5) is 23.3. The molecule has 1 N–H and O–H groups in total. The van der Waals surface area contributed by atoms with Crippen LogP contribution in [0.4, 0.5) is 5.82 Å². The SMILES string of the molecule is Cc1nc(N[C@H](C)c2cc(-c3ccccc3C)cs2)c2cc(O[C@H]3CCOC3)c(=O)n(C)c2n1. The van der Waals surface area contributed by atoms with Gasteiger partial charge >= 0.3 is 0 Å². The molecular weight excluding hydrogens is 448 g/mol. The second kappa shape index (κ2) is 9.19. The Bertz CT molecular complexity index is 1410. The van der Waals surface area contributed by atoms with E-state index in [9.17, 15) is 4.79 Å². The molecule has 0 bridgehead atoms. The van der Waals surface area contributed by atoms with Crippen LogP contribution in [0.15, 0.2) is 46.6 Å². The van der Waals surface area contributed by atoms with Crippen molar-refractivity contribution in [1.82, 2.24) is 14.5 Å². The molecule has 34 heavy (non-hydrogen) atoms. The molecule has 0 amide bonds. The Kier molecular flexibility index (Phi) is 6.10. The lowest BCUT2D eigenvalue weighted by Gasteiger charge is -2.18. The number of anilines is 1. The van der Waals surface area contributed by atoms with Gasteiger partial charge in [-0.1, -0.05) is 24.3 Å². The van der Waals surface area contributed by atoms with Crippen molar-refractivity contribution in [2.45, 2.75) is 39.3 Å². The van der Waals surface area contributed by atoms with Crippen LogP contribution in [-0.2, 0) is 11.8 Å². The van der Waals surface area contributed by atoms with Crippen molar-refractivity contribution in [3.05, 3.63) is 68.4 Å². The van der Waals surface area contributed by atoms with E-state index in [1.807, 2.05) is 6.92 Å². The molecule has 4 aromatic rings. The summed E-state index contributed by atoms with van der Waals surface area (Å²) < 4.78 is 12.9. The molecule has 1 aliphatic heterocycles. The van der Waals surface area contributed by atoms with E-state index in [-0.39, 0.29) is 17.7 Å². The second-order valence-electron chi connectivity index (χ2n) is 8.75. The van der Waals surface area contributed by atoms with E-state index in [1.165, 1.54) is 26.1 Å². The molecule has 0 radical (unpaired) electrons. The minimum atomic E-state index is -0.211. The fourth-order valence-corrected chi connectivity index (χ4v) is 5.20. The molecule has 1 aromatic carbocycles. The van der Waals surface area contributed by atoms with Gasteiger partial charge in [0, 0.05) is 24.4 Å². The van der Waals surface area contributed by atoms with E-state index in [2.05, 4.69) is 64.8 Å². The third-order valence-corrected chi connectivity index (χ3v) is 7.30. The van der Waals surface area contributed by atoms with E-state index in [0.717, 1.165) is 11.8 Å². The smallest absolute Gasteiger partial charge is 0.294 e. The standard InChI is InChI=1S/C26H28N4O3S/c1-15-7-5-6-8-20(15)18-11-23(34-14-18)16(2)27-24-21-12-22(33-19-9-10-32-13-19)26(31)30(4)25(21)29-17(3)28-24/h5-8,11-12,14,16,19H,9-10,13H2,1-4H3,(H,27,28,29)/t16-,19+/m1/s1. The van der Waals surface area contributed by atoms with Gasteiger partial charge in [0.25, 0.3) is 5.56 Å². The molecule has 1 fully saturated rings. The average Bonchev–Trinajstić information content (AvgIpc) is 3.51. The van der Waals surface area contributed by atoms with Gasteiger partial charge in [0.05, 0.1) is 24.6 Å². The number of hydrogen-bond donors (Lipinski definition) is 1. The summed E-state index contributed by atoms with van der Waals surface area (Å²) in [6, 6.07) is 12.4. The maximum atomic E-state index is 12.9. The van der Waals surface area contributed by atoms with Gasteiger partial charge in [-0.15, -0.1) is 11.3 Å². The van der Waals surface area contributed by atoms with Crippen LogP contribution in [0.3, 0.4) is 0 Å². The molecule has 7 nitrogen and oxygen atoms in total. The number of fused-ring (bicyclic) bond motifs is 1. The lowest BCUT2D eigenvalue weighted by Crippen LogP contribution is -2.25. The molecule has 0 saturated carbocycles. The minimum Gasteiger partial charge on any atom is -0.482 e. The Balaban J connectivity index is 1.49. The topological polar surface area (TPSA) is 78.3 Å². The highest BCUT2D eigenvalue weighted by molar-refractivity contribution is 7.10. The molecule has 1 aliphatic rings. The van der Waals surface area contributed by atoms with Crippen molar-refractivity contribution >= 4 is 28.2 Å². The molecule has 8 heteroatoms. The predicted octanol–water partition coefficient (Wildman–Crippen LogP) is 5.01. The number of pyridine rings is 1. The lowest BCUT2D eigenvalue weighted by atomic mass is 10.0. The van der Waals surface area contributed by atoms with E-state index >= 15 is 0 Å². The Morgan fingerprint density at radius 2 is 2.06 bits per heavy atom. The Labute approximate surface area is 202 Å². The highest BCUT2D eigenvalue weighted by Crippen LogP contribution is 2.33. The molecular formula is C26H28N4O3S. The van der Waals surface area contributed by atoms with Crippen LogP contribution >= 0.6 is 11.3 Å². The van der Waals surface area contributed by atoms with Crippen molar-refractivity contribution in [3.8, 4) is 16.9 Å². The molecule has 3 aromatic heterocycles. The monoisotopic (exact) mass is 476 g/mol. The summed E-state index contributed by atoms with van der Waals surface area (Å²) in [5.41, 5.74) is 4.08. The van der Waals surface area contributed by atoms with Gasteiger partial charge in [-0.2, -0.15) is 0 Å². The fourth-order valence-electron chi connectivity index (χ4n) is 4.28. The largest absolute Gasteiger partial charge is 0.482 e. The van der Waals surface area contributed by atoms with Gasteiger partial charge in [-0.25, -0.2) is 9.97 Å². The summed E-state index contributed by atoms with van der Waals surface area (Å²) in [7, 11) is 1.72. The number of thiophene rings is 1. The molecule has 4 heterocycles. The third-order valence-electron chi connectivity index (χ3n) is 6.18. The zero-order valence-electron chi connectivity index (χ0n) is 19.8. The maximum absolute atomic E-state index is 12.9. The van der Waals surface area contributed by atoms with Crippen molar-refractivity contribution in [2.24, 2.45) is 7.05 Å². The number of aryl methyl sites for hydroxylation is 3. The van der Waals surface area contributed by atoms with Gasteiger partial charge in [0.2, 0.25) is 0 Å². The van der Waals surface area contributed by atoms with Crippen molar-refractivity contribution in [1.29, 1.82) is 0 Å². The molecule has 176 valence electrons. The summed E-state index contributed by atoms with van der Waals surface area (Å²) >= 11 is 1.72. The first-order valence-corrected chi connectivity index (χ1v) is 12.3. The highest BCUT2D eigenvalue weighted by atomic mass is 32.1. The maximum Gasteiger partial charge on any atom is 0.294 e. The Hall–Kier alpha value is -3.23. The summed E-state index contributed by atoms with van der Waals surface area (Å²) in [5.74, 6) is 1.58. The number of nitrogens with zero attached hydrogens (tertiary/aromatic N) is 3. The second-order valence-corrected chi connectivity index (χ2v) is 9.69. The van der Waals surface area contributed by atoms with Crippen LogP contribution in [0.1, 0.15) is 35.7 Å². The van der Waals surface area contributed by atoms with E-state index in [4.69, 9.17) is 9.47 Å². The molecule has 1 saturated heterocycles. The van der Waals surface area contributed by atoms with Gasteiger partial charge in [-0.3, -0.25) is 9.36 Å². The normalized spacial score (nSPS) is 16.6. The van der Waals surface area contributed by atoms with E-state index < -0.39 is 0 Å². The van der Waals surface area contributed by atoms with Crippen LogP contribution in [0.2, 0.25) is 0 Å². The number of ether oxygens (including phenoxy) is 2. The first kappa shape index (κ1) is 22.6. The van der Waals surface area contributed by atoms with Crippen molar-refractivity contribution < 1.29 is 9.47 Å². The summed E-state index contributed by atoms with van der Waals surface area (Å²) in [5, 5.41) is 6.50. The summed E-state index contributed by atoms with van der Waals surface area (Å²) in [6.45, 7) is 7.23. The van der Waals surface area contributed by atoms with Crippen LogP contribution < -0.4 is 15.6 Å². The van der Waals surface area contributed by atoms with Crippen molar-refractivity contribution in [3.63, 3.8) is 0 Å². The molecule has 2 atom stereocenters. The van der Waals surface area contributed by atoms with Crippen molar-refractivity contribution in [2.75, 3.05) is 18.5 Å². The van der Waals surface area contributed by atoms with E-state index in [0.29, 0.717) is 36.3 Å². The number of hydrogen-bond acceptors (Lipinski definition) is 7. The Morgan fingerprint density at radius 1 is 1.24 bits per heavy atom. The number of rotatable bonds is 6. The van der Waals surface area contributed by atoms with Crippen LogP contribution in [0.25, 0.3) is 22.2 Å². The number of nitrogens with one attached hydrogen (secondary N) is 1. The molecule has 5 rings (SSSR count). The zero-order chi connectivity index (χ0) is 23.8. The first-order valence-electron chi connectivity index (χ1n) is 11.4. The molecule has 0 spiro atoms. The third kappa shape index (κ3) is 4.31. The highest BCUT2D eigenvalue weighted by Gasteiger charge is 2.22. The van der Waals surface area contributed by atoms with Crippen LogP contribution in [0, 0.1) is 13.8 Å².